The van der Waals surface area contributed by atoms with Crippen LogP contribution >= 0.6 is 0 Å². The number of rotatable bonds is 4. The number of benzene rings is 1. The first-order valence-corrected chi connectivity index (χ1v) is 8.86. The van der Waals surface area contributed by atoms with Crippen LogP contribution in [0.3, 0.4) is 0 Å². The van der Waals surface area contributed by atoms with Gasteiger partial charge in [0.15, 0.2) is 11.6 Å². The quantitative estimate of drug-likeness (QED) is 0.763. The number of halogens is 2. The molecule has 0 bridgehead atoms. The van der Waals surface area contributed by atoms with Crippen molar-refractivity contribution in [2.75, 3.05) is 13.1 Å². The summed E-state index contributed by atoms with van der Waals surface area (Å²) in [4.78, 5) is 24.5. The Morgan fingerprint density at radius 2 is 1.92 bits per heavy atom. The number of hydrogen-bond acceptors (Lipinski definition) is 3. The predicted octanol–water partition coefficient (Wildman–Crippen LogP) is 2.08. The van der Waals surface area contributed by atoms with Crippen LogP contribution < -0.4 is 16.0 Å². The van der Waals surface area contributed by atoms with Crippen molar-refractivity contribution in [1.29, 1.82) is 0 Å². The molecule has 7 heteroatoms. The van der Waals surface area contributed by atoms with E-state index in [9.17, 15) is 18.4 Å². The van der Waals surface area contributed by atoms with E-state index in [1.807, 2.05) is 0 Å². The Labute approximate surface area is 152 Å². The molecule has 3 atom stereocenters. The molecule has 1 heterocycles. The molecule has 0 aliphatic carbocycles. The molecule has 0 radical (unpaired) electrons. The van der Waals surface area contributed by atoms with E-state index < -0.39 is 23.1 Å². The van der Waals surface area contributed by atoms with E-state index in [2.05, 4.69) is 16.0 Å². The second-order valence-electron chi connectivity index (χ2n) is 7.83. The number of carbonyl (C=O) groups is 2. The number of amides is 2. The maximum atomic E-state index is 13.6. The van der Waals surface area contributed by atoms with Crippen LogP contribution in [0.5, 0.6) is 0 Å². The second-order valence-corrected chi connectivity index (χ2v) is 7.83. The fourth-order valence-electron chi connectivity index (χ4n) is 2.94. The van der Waals surface area contributed by atoms with Crippen molar-refractivity contribution in [3.8, 4) is 0 Å². The molecule has 144 valence electrons. The maximum absolute atomic E-state index is 13.6. The van der Waals surface area contributed by atoms with Crippen LogP contribution in [0.2, 0.25) is 0 Å². The molecule has 1 saturated heterocycles. The van der Waals surface area contributed by atoms with E-state index >= 15 is 0 Å². The van der Waals surface area contributed by atoms with Crippen molar-refractivity contribution in [2.24, 2.45) is 5.41 Å². The third-order valence-electron chi connectivity index (χ3n) is 4.60. The first kappa shape index (κ1) is 20.3. The van der Waals surface area contributed by atoms with E-state index in [4.69, 9.17) is 0 Å². The van der Waals surface area contributed by atoms with Crippen LogP contribution in [-0.2, 0) is 9.59 Å². The fourth-order valence-corrected chi connectivity index (χ4v) is 2.94. The smallest absolute Gasteiger partial charge is 0.242 e. The Morgan fingerprint density at radius 3 is 2.54 bits per heavy atom. The molecule has 1 aromatic rings. The Morgan fingerprint density at radius 1 is 1.23 bits per heavy atom. The average Bonchev–Trinajstić information content (AvgIpc) is 2.57. The minimum absolute atomic E-state index is 0.124. The molecule has 0 spiro atoms. The molecular weight excluding hydrogens is 340 g/mol. The molecule has 1 aliphatic heterocycles. The zero-order chi connectivity index (χ0) is 19.5. The monoisotopic (exact) mass is 367 g/mol. The van der Waals surface area contributed by atoms with E-state index in [1.54, 1.807) is 33.8 Å². The van der Waals surface area contributed by atoms with Crippen molar-refractivity contribution >= 4 is 11.8 Å². The largest absolute Gasteiger partial charge is 0.350 e. The van der Waals surface area contributed by atoms with Crippen LogP contribution in [-0.4, -0.2) is 37.0 Å². The van der Waals surface area contributed by atoms with Gasteiger partial charge in [-0.15, -0.1) is 0 Å². The van der Waals surface area contributed by atoms with Crippen molar-refractivity contribution in [3.05, 3.63) is 35.4 Å². The van der Waals surface area contributed by atoms with E-state index in [1.165, 1.54) is 6.07 Å². The van der Waals surface area contributed by atoms with Gasteiger partial charge in [0.25, 0.3) is 0 Å². The maximum Gasteiger partial charge on any atom is 0.242 e. The minimum atomic E-state index is -0.892. The van der Waals surface area contributed by atoms with Gasteiger partial charge in [0.2, 0.25) is 11.8 Å². The molecule has 0 aromatic heterocycles. The number of carbonyl (C=O) groups excluding carboxylic acids is 2. The fraction of sp³-hybridized carbons (Fsp3) is 0.579. The highest BCUT2D eigenvalue weighted by molar-refractivity contribution is 5.89. The Balaban J connectivity index is 2.06. The first-order valence-electron chi connectivity index (χ1n) is 8.86. The first-order chi connectivity index (χ1) is 12.1. The summed E-state index contributed by atoms with van der Waals surface area (Å²) in [5.41, 5.74) is 0.0665. The van der Waals surface area contributed by atoms with Crippen LogP contribution in [0.15, 0.2) is 18.2 Å². The van der Waals surface area contributed by atoms with Gasteiger partial charge in [-0.05, 0) is 37.6 Å². The predicted molar refractivity (Wildman–Crippen MR) is 95.6 cm³/mol. The Hall–Kier alpha value is -2.02. The summed E-state index contributed by atoms with van der Waals surface area (Å²) in [7, 11) is 0. The topological polar surface area (TPSA) is 70.2 Å². The summed E-state index contributed by atoms with van der Waals surface area (Å²) in [6.07, 6.45) is 0.693. The highest BCUT2D eigenvalue weighted by atomic mass is 19.2. The van der Waals surface area contributed by atoms with Gasteiger partial charge in [0.05, 0.1) is 0 Å². The van der Waals surface area contributed by atoms with Gasteiger partial charge in [0.1, 0.15) is 6.04 Å². The molecule has 1 aromatic carbocycles. The SMILES string of the molecule is CC(NC(=O)C(C)(C)C)C(=O)NC1CNCCC1c1ccc(F)c(F)c1. The third-order valence-corrected chi connectivity index (χ3v) is 4.60. The van der Waals surface area contributed by atoms with Gasteiger partial charge in [0, 0.05) is 23.9 Å². The number of hydrogen-bond donors (Lipinski definition) is 3. The molecule has 3 N–H and O–H groups in total. The van der Waals surface area contributed by atoms with E-state index in [0.29, 0.717) is 18.5 Å². The highest BCUT2D eigenvalue weighted by Crippen LogP contribution is 2.27. The average molecular weight is 367 g/mol. The summed E-state index contributed by atoms with van der Waals surface area (Å²) in [6, 6.07) is 2.90. The van der Waals surface area contributed by atoms with E-state index in [-0.39, 0.29) is 23.8 Å². The lowest BCUT2D eigenvalue weighted by atomic mass is 9.85. The molecular formula is C19H27F2N3O2. The summed E-state index contributed by atoms with van der Waals surface area (Å²) in [6.45, 7) is 8.20. The molecule has 2 rings (SSSR count). The Bertz CT molecular complexity index is 673. The van der Waals surface area contributed by atoms with Gasteiger partial charge in [-0.2, -0.15) is 0 Å². The molecule has 2 amide bonds. The summed E-state index contributed by atoms with van der Waals surface area (Å²) >= 11 is 0. The lowest BCUT2D eigenvalue weighted by Crippen LogP contribution is -2.55. The minimum Gasteiger partial charge on any atom is -0.350 e. The van der Waals surface area contributed by atoms with Gasteiger partial charge < -0.3 is 16.0 Å². The van der Waals surface area contributed by atoms with Crippen LogP contribution in [0.4, 0.5) is 8.78 Å². The molecule has 5 nitrogen and oxygen atoms in total. The van der Waals surface area contributed by atoms with Crippen molar-refractivity contribution < 1.29 is 18.4 Å². The van der Waals surface area contributed by atoms with Crippen LogP contribution in [0.25, 0.3) is 0 Å². The molecule has 1 fully saturated rings. The highest BCUT2D eigenvalue weighted by Gasteiger charge is 2.31. The number of nitrogens with one attached hydrogen (secondary N) is 3. The van der Waals surface area contributed by atoms with Crippen molar-refractivity contribution in [1.82, 2.24) is 16.0 Å². The zero-order valence-electron chi connectivity index (χ0n) is 15.7. The normalized spacial score (nSPS) is 21.8. The van der Waals surface area contributed by atoms with Gasteiger partial charge in [-0.1, -0.05) is 26.8 Å². The van der Waals surface area contributed by atoms with Crippen LogP contribution in [0.1, 0.15) is 45.6 Å². The Kier molecular flexibility index (Phi) is 6.34. The summed E-state index contributed by atoms with van der Waals surface area (Å²) < 4.78 is 26.8. The zero-order valence-corrected chi connectivity index (χ0v) is 15.7. The number of piperidine rings is 1. The van der Waals surface area contributed by atoms with Gasteiger partial charge in [-0.3, -0.25) is 9.59 Å². The van der Waals surface area contributed by atoms with Gasteiger partial charge in [-0.25, -0.2) is 8.78 Å². The lowest BCUT2D eigenvalue weighted by molar-refractivity contribution is -0.133. The molecule has 3 unspecified atom stereocenters. The van der Waals surface area contributed by atoms with Gasteiger partial charge >= 0.3 is 0 Å². The summed E-state index contributed by atoms with van der Waals surface area (Å²) in [5, 5.41) is 8.83. The second kappa shape index (κ2) is 8.12. The van der Waals surface area contributed by atoms with E-state index in [0.717, 1.165) is 12.6 Å². The lowest BCUT2D eigenvalue weighted by Gasteiger charge is -2.34. The summed E-state index contributed by atoms with van der Waals surface area (Å²) in [5.74, 6) is -2.41. The molecule has 1 aliphatic rings. The van der Waals surface area contributed by atoms with Crippen LogP contribution in [0, 0.1) is 17.0 Å². The standard InChI is InChI=1S/C19H27F2N3O2/c1-11(23-18(26)19(2,3)4)17(25)24-16-10-22-8-7-13(16)12-5-6-14(20)15(21)9-12/h5-6,9,11,13,16,22H,7-8,10H2,1-4H3,(H,23,26)(H,24,25). The molecule has 0 saturated carbocycles. The van der Waals surface area contributed by atoms with Crippen molar-refractivity contribution in [3.63, 3.8) is 0 Å². The third kappa shape index (κ3) is 5.00. The van der Waals surface area contributed by atoms with Crippen molar-refractivity contribution in [2.45, 2.75) is 52.1 Å². The molecule has 26 heavy (non-hydrogen) atoms.